The fraction of sp³-hybridized carbons (Fsp3) is 0.222. The minimum Gasteiger partial charge on any atom is -0.422 e. The van der Waals surface area contributed by atoms with Crippen molar-refractivity contribution in [2.45, 2.75) is 48.8 Å². The third-order valence-electron chi connectivity index (χ3n) is 4.94. The summed E-state index contributed by atoms with van der Waals surface area (Å²) in [6.45, 7) is 2.12. The molecule has 5 heteroatoms. The van der Waals surface area contributed by atoms with E-state index in [0.29, 0.717) is 12.0 Å². The van der Waals surface area contributed by atoms with Crippen LogP contribution in [-0.2, 0) is 0 Å². The lowest BCUT2D eigenvalue weighted by atomic mass is 10.0. The van der Waals surface area contributed by atoms with Gasteiger partial charge in [0.05, 0.1) is 16.8 Å². The van der Waals surface area contributed by atoms with E-state index in [1.54, 1.807) is 36.4 Å². The maximum Gasteiger partial charge on any atom is 0.343 e. The average molecular weight is 446 g/mol. The third kappa shape index (κ3) is 6.66. The van der Waals surface area contributed by atoms with Gasteiger partial charge in [0.2, 0.25) is 5.78 Å². The number of ketones is 1. The predicted molar refractivity (Wildman–Crippen MR) is 129 cm³/mol. The first kappa shape index (κ1) is 23.5. The number of rotatable bonds is 11. The van der Waals surface area contributed by atoms with E-state index in [1.165, 1.54) is 11.8 Å². The number of esters is 1. The molecule has 4 nitrogen and oxygen atoms in total. The highest BCUT2D eigenvalue weighted by atomic mass is 32.2. The van der Waals surface area contributed by atoms with Crippen LogP contribution < -0.4 is 4.74 Å². The molecule has 0 fully saturated rings. The molecule has 0 radical (unpaired) electrons. The summed E-state index contributed by atoms with van der Waals surface area (Å²) in [5.41, 5.74) is 0.690. The van der Waals surface area contributed by atoms with Crippen molar-refractivity contribution >= 4 is 29.2 Å². The average Bonchev–Trinajstić information content (AvgIpc) is 2.82. The molecular formula is C27H27NO3S. The van der Waals surface area contributed by atoms with Crippen molar-refractivity contribution in [1.29, 1.82) is 5.41 Å². The molecule has 1 N–H and O–H groups in total. The molecule has 3 aromatic carbocycles. The van der Waals surface area contributed by atoms with E-state index in [1.807, 2.05) is 42.5 Å². The SMILES string of the molecule is CCCCCCC(=N)C(=O)c1ccc(Sc2ccccc2)cc1OC(=O)c1ccccc1. The number of hydrogen-bond donors (Lipinski definition) is 1. The topological polar surface area (TPSA) is 67.2 Å². The molecule has 0 aromatic heterocycles. The second kappa shape index (κ2) is 12.0. The Hall–Kier alpha value is -3.18. The Morgan fingerprint density at radius 2 is 1.53 bits per heavy atom. The van der Waals surface area contributed by atoms with E-state index < -0.39 is 11.8 Å². The molecule has 32 heavy (non-hydrogen) atoms. The lowest BCUT2D eigenvalue weighted by Crippen LogP contribution is -2.17. The van der Waals surface area contributed by atoms with Crippen molar-refractivity contribution in [3.05, 3.63) is 90.0 Å². The first-order chi connectivity index (χ1) is 15.6. The number of carbonyl (C=O) groups excluding carboxylic acids is 2. The summed E-state index contributed by atoms with van der Waals surface area (Å²) in [6, 6.07) is 23.7. The van der Waals surface area contributed by atoms with Crippen molar-refractivity contribution in [2.24, 2.45) is 0 Å². The molecule has 0 unspecified atom stereocenters. The van der Waals surface area contributed by atoms with Crippen LogP contribution in [0.25, 0.3) is 0 Å². The van der Waals surface area contributed by atoms with Gasteiger partial charge >= 0.3 is 5.97 Å². The Morgan fingerprint density at radius 1 is 0.844 bits per heavy atom. The Balaban J connectivity index is 1.84. The highest BCUT2D eigenvalue weighted by molar-refractivity contribution is 7.99. The van der Waals surface area contributed by atoms with E-state index in [9.17, 15) is 9.59 Å². The summed E-state index contributed by atoms with van der Waals surface area (Å²) in [5.74, 6) is -0.743. The van der Waals surface area contributed by atoms with Crippen molar-refractivity contribution in [3.63, 3.8) is 0 Å². The second-order valence-electron chi connectivity index (χ2n) is 7.45. The number of hydrogen-bond acceptors (Lipinski definition) is 5. The van der Waals surface area contributed by atoms with Crippen molar-refractivity contribution in [1.82, 2.24) is 0 Å². The summed E-state index contributed by atoms with van der Waals surface area (Å²) in [4.78, 5) is 27.6. The standard InChI is InChI=1S/C27H27NO3S/c1-2-3-4-11-16-24(28)26(29)23-18-17-22(32-21-14-9-6-10-15-21)19-25(23)31-27(30)20-12-7-5-8-13-20/h5-10,12-15,17-19,28H,2-4,11,16H2,1H3. The van der Waals surface area contributed by atoms with E-state index in [0.717, 1.165) is 35.5 Å². The molecule has 0 aliphatic rings. The van der Waals surface area contributed by atoms with Crippen LogP contribution in [-0.4, -0.2) is 17.5 Å². The molecule has 0 heterocycles. The van der Waals surface area contributed by atoms with Gasteiger partial charge in [-0.15, -0.1) is 0 Å². The summed E-state index contributed by atoms with van der Waals surface area (Å²) < 4.78 is 5.65. The van der Waals surface area contributed by atoms with Gasteiger partial charge in [0.15, 0.2) is 0 Å². The molecule has 0 amide bonds. The molecule has 164 valence electrons. The van der Waals surface area contributed by atoms with Crippen LogP contribution in [0.4, 0.5) is 0 Å². The minimum atomic E-state index is -0.531. The van der Waals surface area contributed by atoms with Crippen LogP contribution in [0.3, 0.4) is 0 Å². The van der Waals surface area contributed by atoms with Crippen molar-refractivity contribution in [3.8, 4) is 5.75 Å². The van der Waals surface area contributed by atoms with Crippen molar-refractivity contribution in [2.75, 3.05) is 0 Å². The summed E-state index contributed by atoms with van der Waals surface area (Å²) in [5, 5.41) is 8.25. The Kier molecular flexibility index (Phi) is 8.81. The normalized spacial score (nSPS) is 10.5. The van der Waals surface area contributed by atoms with Gasteiger partial charge < -0.3 is 10.1 Å². The van der Waals surface area contributed by atoms with Gasteiger partial charge in [-0.25, -0.2) is 4.79 Å². The number of nitrogens with one attached hydrogen (secondary N) is 1. The molecule has 0 atom stereocenters. The Morgan fingerprint density at radius 3 is 2.22 bits per heavy atom. The second-order valence-corrected chi connectivity index (χ2v) is 8.59. The van der Waals surface area contributed by atoms with Crippen molar-refractivity contribution < 1.29 is 14.3 Å². The molecule has 0 saturated carbocycles. The fourth-order valence-electron chi connectivity index (χ4n) is 3.20. The van der Waals surface area contributed by atoms with E-state index in [4.69, 9.17) is 10.1 Å². The van der Waals surface area contributed by atoms with Gasteiger partial charge in [-0.3, -0.25) is 4.79 Å². The van der Waals surface area contributed by atoms with E-state index in [2.05, 4.69) is 6.92 Å². The van der Waals surface area contributed by atoms with Crippen LogP contribution in [0.5, 0.6) is 5.75 Å². The van der Waals surface area contributed by atoms with Crippen LogP contribution >= 0.6 is 11.8 Å². The number of Topliss-reactive ketones (excluding diaryl/α,β-unsaturated/α-hetero) is 1. The molecule has 0 aliphatic carbocycles. The van der Waals surface area contributed by atoms with E-state index >= 15 is 0 Å². The zero-order valence-corrected chi connectivity index (χ0v) is 19.0. The van der Waals surface area contributed by atoms with E-state index in [-0.39, 0.29) is 17.0 Å². The Labute approximate surface area is 193 Å². The highest BCUT2D eigenvalue weighted by Crippen LogP contribution is 2.33. The molecule has 0 spiro atoms. The molecular weight excluding hydrogens is 418 g/mol. The van der Waals surface area contributed by atoms with Crippen LogP contribution in [0, 0.1) is 5.41 Å². The lowest BCUT2D eigenvalue weighted by Gasteiger charge is -2.12. The highest BCUT2D eigenvalue weighted by Gasteiger charge is 2.20. The first-order valence-corrected chi connectivity index (χ1v) is 11.7. The smallest absolute Gasteiger partial charge is 0.343 e. The number of benzene rings is 3. The van der Waals surface area contributed by atoms with Gasteiger partial charge in [-0.05, 0) is 55.3 Å². The van der Waals surface area contributed by atoms with Gasteiger partial charge in [0.25, 0.3) is 0 Å². The van der Waals surface area contributed by atoms with Gasteiger partial charge in [-0.2, -0.15) is 0 Å². The lowest BCUT2D eigenvalue weighted by molar-refractivity contribution is 0.0732. The number of carbonyl (C=O) groups is 2. The molecule has 0 aliphatic heterocycles. The summed E-state index contributed by atoms with van der Waals surface area (Å²) >= 11 is 1.52. The van der Waals surface area contributed by atoms with Crippen LogP contribution in [0.1, 0.15) is 59.7 Å². The first-order valence-electron chi connectivity index (χ1n) is 10.8. The van der Waals surface area contributed by atoms with Gasteiger partial charge in [0.1, 0.15) is 5.75 Å². The zero-order chi connectivity index (χ0) is 22.8. The largest absolute Gasteiger partial charge is 0.422 e. The Bertz CT molecular complexity index is 1060. The minimum absolute atomic E-state index is 0.0431. The molecule has 3 rings (SSSR count). The summed E-state index contributed by atoms with van der Waals surface area (Å²) in [6.07, 6.45) is 4.41. The quantitative estimate of drug-likeness (QED) is 0.111. The van der Waals surface area contributed by atoms with Crippen LogP contribution in [0.15, 0.2) is 88.7 Å². The van der Waals surface area contributed by atoms with Gasteiger partial charge in [-0.1, -0.05) is 74.3 Å². The number of ether oxygens (including phenoxy) is 1. The van der Waals surface area contributed by atoms with Gasteiger partial charge in [0, 0.05) is 9.79 Å². The number of unbranched alkanes of at least 4 members (excludes halogenated alkanes) is 3. The monoisotopic (exact) mass is 445 g/mol. The molecule has 0 saturated heterocycles. The predicted octanol–water partition coefficient (Wildman–Crippen LogP) is 7.23. The van der Waals surface area contributed by atoms with Crippen LogP contribution in [0.2, 0.25) is 0 Å². The maximum absolute atomic E-state index is 13.0. The zero-order valence-electron chi connectivity index (χ0n) is 18.2. The fourth-order valence-corrected chi connectivity index (χ4v) is 4.07. The summed E-state index contributed by atoms with van der Waals surface area (Å²) in [7, 11) is 0. The third-order valence-corrected chi connectivity index (χ3v) is 5.94. The molecule has 3 aromatic rings. The maximum atomic E-state index is 13.0. The molecule has 0 bridgehead atoms.